The zero-order chi connectivity index (χ0) is 8.36. The first-order chi connectivity index (χ1) is 4.39. The smallest absolute Gasteiger partial charge is 0.0267 e. The highest BCUT2D eigenvalue weighted by Crippen LogP contribution is 2.35. The second-order valence-electron chi connectivity index (χ2n) is 4.40. The first-order valence-corrected chi connectivity index (χ1v) is 4.19. The van der Waals surface area contributed by atoms with E-state index in [1.807, 2.05) is 0 Å². The summed E-state index contributed by atoms with van der Waals surface area (Å²) < 4.78 is 0. The Balaban J connectivity index is 4.07. The van der Waals surface area contributed by atoms with Crippen LogP contribution in [0.15, 0.2) is 0 Å². The molecule has 0 aromatic rings. The molecular weight excluding hydrogens is 120 g/mol. The molecule has 0 saturated heterocycles. The average molecular weight is 141 g/mol. The predicted molar refractivity (Wildman–Crippen MR) is 47.8 cm³/mol. The summed E-state index contributed by atoms with van der Waals surface area (Å²) in [4.78, 5) is 0. The fourth-order valence-corrected chi connectivity index (χ4v) is 1.89. The first kappa shape index (κ1) is 10.0. The van der Waals surface area contributed by atoms with Gasteiger partial charge in [0.2, 0.25) is 0 Å². The lowest BCUT2D eigenvalue weighted by molar-refractivity contribution is 0.247. The highest BCUT2D eigenvalue weighted by atomic mass is 14.3. The summed E-state index contributed by atoms with van der Waals surface area (Å²) >= 11 is 0. The van der Waals surface area contributed by atoms with Gasteiger partial charge in [-0.2, -0.15) is 0 Å². The van der Waals surface area contributed by atoms with Gasteiger partial charge in [0.25, 0.3) is 0 Å². The lowest BCUT2D eigenvalue weighted by Crippen LogP contribution is -2.23. The van der Waals surface area contributed by atoms with Crippen molar-refractivity contribution < 1.29 is 0 Å². The number of hydrogen-bond acceptors (Lipinski definition) is 0. The van der Waals surface area contributed by atoms with Crippen LogP contribution in [0.2, 0.25) is 0 Å². The normalized spacial score (nSPS) is 15.9. The van der Waals surface area contributed by atoms with Gasteiger partial charge in [-0.1, -0.05) is 48.0 Å². The molecule has 10 heavy (non-hydrogen) atoms. The fraction of sp³-hybridized carbons (Fsp3) is 0.900. The topological polar surface area (TPSA) is 0 Å². The lowest BCUT2D eigenvalue weighted by Gasteiger charge is -2.32. The molecule has 0 N–H and O–H groups in total. The molecule has 0 aliphatic heterocycles. The molecule has 0 aromatic carbocycles. The summed E-state index contributed by atoms with van der Waals surface area (Å²) in [5, 5.41) is 0. The van der Waals surface area contributed by atoms with Crippen molar-refractivity contribution in [1.29, 1.82) is 0 Å². The van der Waals surface area contributed by atoms with E-state index in [-0.39, 0.29) is 0 Å². The van der Waals surface area contributed by atoms with Crippen LogP contribution in [0.5, 0.6) is 0 Å². The Kier molecular flexibility index (Phi) is 3.41. The van der Waals surface area contributed by atoms with Crippen LogP contribution >= 0.6 is 0 Å². The zero-order valence-electron chi connectivity index (χ0n) is 8.28. The highest BCUT2D eigenvalue weighted by molar-refractivity contribution is 4.92. The number of hydrogen-bond donors (Lipinski definition) is 0. The minimum Gasteiger partial charge on any atom is -0.0651 e. The minimum atomic E-state index is 0.452. The highest BCUT2D eigenvalue weighted by Gasteiger charge is 2.25. The first-order valence-electron chi connectivity index (χ1n) is 4.19. The van der Waals surface area contributed by atoms with Gasteiger partial charge in [0.15, 0.2) is 0 Å². The van der Waals surface area contributed by atoms with E-state index >= 15 is 0 Å². The van der Waals surface area contributed by atoms with Gasteiger partial charge in [-0.3, -0.25) is 0 Å². The predicted octanol–water partition coefficient (Wildman–Crippen LogP) is 3.67. The van der Waals surface area contributed by atoms with Gasteiger partial charge in [-0.05, 0) is 17.3 Å². The van der Waals surface area contributed by atoms with Gasteiger partial charge in [0.05, 0.1) is 0 Å². The molecule has 0 heteroatoms. The molecule has 0 spiro atoms. The van der Waals surface area contributed by atoms with Gasteiger partial charge >= 0.3 is 0 Å². The van der Waals surface area contributed by atoms with E-state index in [1.54, 1.807) is 5.92 Å². The maximum absolute atomic E-state index is 2.31. The molecular formula is C10H21. The summed E-state index contributed by atoms with van der Waals surface area (Å²) in [6.07, 6.45) is 1.27. The maximum atomic E-state index is 2.31. The van der Waals surface area contributed by atoms with Crippen LogP contribution in [-0.4, -0.2) is 0 Å². The lowest BCUT2D eigenvalue weighted by atomic mass is 9.73. The van der Waals surface area contributed by atoms with Gasteiger partial charge in [0, 0.05) is 0 Å². The van der Waals surface area contributed by atoms with Gasteiger partial charge in [-0.15, -0.1) is 0 Å². The van der Waals surface area contributed by atoms with E-state index in [2.05, 4.69) is 41.5 Å². The summed E-state index contributed by atoms with van der Waals surface area (Å²) in [6, 6.07) is 0. The summed E-state index contributed by atoms with van der Waals surface area (Å²) in [5.74, 6) is 2.35. The standard InChI is InChI=1S/C10H21/c1-7-9(8(2)3)10(4,5)6/h9H,7H2,1-6H3. The largest absolute Gasteiger partial charge is 0.0651 e. The average Bonchev–Trinajstić information content (AvgIpc) is 1.60. The summed E-state index contributed by atoms with van der Waals surface area (Å²) in [5.41, 5.74) is 0.452. The van der Waals surface area contributed by atoms with Crippen molar-refractivity contribution in [3.63, 3.8) is 0 Å². The molecule has 0 aliphatic rings. The van der Waals surface area contributed by atoms with Crippen molar-refractivity contribution >= 4 is 0 Å². The van der Waals surface area contributed by atoms with Gasteiger partial charge < -0.3 is 0 Å². The molecule has 1 unspecified atom stereocenters. The van der Waals surface area contributed by atoms with E-state index in [4.69, 9.17) is 0 Å². The Morgan fingerprint density at radius 1 is 1.20 bits per heavy atom. The molecule has 0 amide bonds. The Bertz CT molecular complexity index is 84.7. The monoisotopic (exact) mass is 141 g/mol. The van der Waals surface area contributed by atoms with E-state index < -0.39 is 0 Å². The molecule has 0 saturated carbocycles. The Morgan fingerprint density at radius 3 is 1.60 bits per heavy atom. The van der Waals surface area contributed by atoms with Gasteiger partial charge in [0.1, 0.15) is 0 Å². The van der Waals surface area contributed by atoms with Crippen LogP contribution in [0.1, 0.15) is 48.0 Å². The van der Waals surface area contributed by atoms with E-state index in [1.165, 1.54) is 6.42 Å². The molecule has 0 rings (SSSR count). The fourth-order valence-electron chi connectivity index (χ4n) is 1.89. The molecule has 0 nitrogen and oxygen atoms in total. The van der Waals surface area contributed by atoms with Crippen LogP contribution in [0.4, 0.5) is 0 Å². The van der Waals surface area contributed by atoms with Crippen LogP contribution in [0.3, 0.4) is 0 Å². The molecule has 0 bridgehead atoms. The Morgan fingerprint density at radius 2 is 1.60 bits per heavy atom. The summed E-state index contributed by atoms with van der Waals surface area (Å²) in [6.45, 7) is 13.7. The molecule has 0 aliphatic carbocycles. The third-order valence-corrected chi connectivity index (χ3v) is 2.15. The van der Waals surface area contributed by atoms with Crippen LogP contribution < -0.4 is 0 Å². The molecule has 0 fully saturated rings. The Labute approximate surface area is 66.0 Å². The van der Waals surface area contributed by atoms with Crippen molar-refractivity contribution in [3.8, 4) is 0 Å². The van der Waals surface area contributed by atoms with E-state index in [9.17, 15) is 0 Å². The van der Waals surface area contributed by atoms with Crippen molar-refractivity contribution in [1.82, 2.24) is 0 Å². The maximum Gasteiger partial charge on any atom is -0.0267 e. The second-order valence-corrected chi connectivity index (χ2v) is 4.40. The quantitative estimate of drug-likeness (QED) is 0.550. The molecule has 0 heterocycles. The van der Waals surface area contributed by atoms with E-state index in [0.717, 1.165) is 5.92 Å². The van der Waals surface area contributed by atoms with Crippen molar-refractivity contribution in [2.75, 3.05) is 0 Å². The molecule has 1 radical (unpaired) electrons. The molecule has 61 valence electrons. The molecule has 0 aromatic heterocycles. The van der Waals surface area contributed by atoms with Crippen LogP contribution in [0, 0.1) is 17.3 Å². The number of rotatable bonds is 2. The van der Waals surface area contributed by atoms with Gasteiger partial charge in [-0.25, -0.2) is 0 Å². The van der Waals surface area contributed by atoms with Crippen LogP contribution in [-0.2, 0) is 0 Å². The third-order valence-electron chi connectivity index (χ3n) is 2.15. The van der Waals surface area contributed by atoms with Crippen molar-refractivity contribution in [2.45, 2.75) is 48.0 Å². The SMILES string of the molecule is CCC([C](C)C)C(C)(C)C. The second kappa shape index (κ2) is 3.41. The summed E-state index contributed by atoms with van der Waals surface area (Å²) in [7, 11) is 0. The minimum absolute atomic E-state index is 0.452. The third kappa shape index (κ3) is 2.72. The Hall–Kier alpha value is 0. The van der Waals surface area contributed by atoms with E-state index in [0.29, 0.717) is 5.41 Å². The van der Waals surface area contributed by atoms with Crippen LogP contribution in [0.25, 0.3) is 0 Å². The van der Waals surface area contributed by atoms with Crippen molar-refractivity contribution in [2.24, 2.45) is 11.3 Å². The molecule has 1 atom stereocenters. The van der Waals surface area contributed by atoms with Crippen molar-refractivity contribution in [3.05, 3.63) is 5.92 Å². The zero-order valence-corrected chi connectivity index (χ0v) is 8.28.